The van der Waals surface area contributed by atoms with Crippen molar-refractivity contribution in [3.05, 3.63) is 11.6 Å². The number of hydrogen-bond acceptors (Lipinski definition) is 3. The molecule has 1 aliphatic heterocycles. The third kappa shape index (κ3) is 3.32. The zero-order valence-corrected chi connectivity index (χ0v) is 11.3. The molecule has 0 aromatic heterocycles. The minimum absolute atomic E-state index is 0.0223. The number of rotatable bonds is 6. The van der Waals surface area contributed by atoms with Crippen molar-refractivity contribution in [2.45, 2.75) is 45.6 Å². The SMILES string of the molecule is CC(C)=CCCC1(C)NC(=O)N(CCCO)C1=O. The molecule has 0 aliphatic carbocycles. The van der Waals surface area contributed by atoms with E-state index in [0.29, 0.717) is 12.8 Å². The van der Waals surface area contributed by atoms with Crippen LogP contribution in [-0.2, 0) is 4.79 Å². The van der Waals surface area contributed by atoms with Crippen LogP contribution < -0.4 is 5.32 Å². The smallest absolute Gasteiger partial charge is 0.325 e. The lowest BCUT2D eigenvalue weighted by Crippen LogP contribution is -2.43. The van der Waals surface area contributed by atoms with Crippen LogP contribution in [0.3, 0.4) is 0 Å². The van der Waals surface area contributed by atoms with Gasteiger partial charge in [0, 0.05) is 13.2 Å². The summed E-state index contributed by atoms with van der Waals surface area (Å²) < 4.78 is 0. The van der Waals surface area contributed by atoms with Crippen LogP contribution in [0.25, 0.3) is 0 Å². The maximum absolute atomic E-state index is 12.2. The van der Waals surface area contributed by atoms with E-state index in [1.54, 1.807) is 6.92 Å². The van der Waals surface area contributed by atoms with Crippen molar-refractivity contribution in [3.63, 3.8) is 0 Å². The van der Waals surface area contributed by atoms with E-state index in [9.17, 15) is 9.59 Å². The van der Waals surface area contributed by atoms with Crippen LogP contribution in [0, 0.1) is 0 Å². The van der Waals surface area contributed by atoms with Gasteiger partial charge in [0.2, 0.25) is 0 Å². The zero-order valence-electron chi connectivity index (χ0n) is 11.3. The molecule has 1 unspecified atom stereocenters. The van der Waals surface area contributed by atoms with Crippen LogP contribution in [0.5, 0.6) is 0 Å². The number of aliphatic hydroxyl groups excluding tert-OH is 1. The summed E-state index contributed by atoms with van der Waals surface area (Å²) in [6.07, 6.45) is 3.83. The van der Waals surface area contributed by atoms with Crippen molar-refractivity contribution in [3.8, 4) is 0 Å². The molecule has 102 valence electrons. The van der Waals surface area contributed by atoms with Gasteiger partial charge < -0.3 is 10.4 Å². The highest BCUT2D eigenvalue weighted by Gasteiger charge is 2.46. The summed E-state index contributed by atoms with van der Waals surface area (Å²) in [5.74, 6) is -0.192. The Bertz CT molecular complexity index is 361. The Morgan fingerprint density at radius 2 is 2.11 bits per heavy atom. The van der Waals surface area contributed by atoms with Crippen molar-refractivity contribution in [1.29, 1.82) is 0 Å². The summed E-state index contributed by atoms with van der Waals surface area (Å²) in [5, 5.41) is 11.5. The third-order valence-corrected chi connectivity index (χ3v) is 3.08. The van der Waals surface area contributed by atoms with Crippen LogP contribution >= 0.6 is 0 Å². The van der Waals surface area contributed by atoms with Gasteiger partial charge in [-0.2, -0.15) is 0 Å². The lowest BCUT2D eigenvalue weighted by atomic mass is 9.95. The molecule has 0 saturated carbocycles. The Morgan fingerprint density at radius 3 is 2.67 bits per heavy atom. The molecule has 5 heteroatoms. The third-order valence-electron chi connectivity index (χ3n) is 3.08. The monoisotopic (exact) mass is 254 g/mol. The van der Waals surface area contributed by atoms with E-state index in [-0.39, 0.29) is 25.1 Å². The molecule has 0 bridgehead atoms. The maximum atomic E-state index is 12.2. The Morgan fingerprint density at radius 1 is 1.44 bits per heavy atom. The van der Waals surface area contributed by atoms with E-state index in [1.807, 2.05) is 13.8 Å². The minimum Gasteiger partial charge on any atom is -0.396 e. The van der Waals surface area contributed by atoms with E-state index in [4.69, 9.17) is 5.11 Å². The van der Waals surface area contributed by atoms with Crippen LogP contribution in [0.1, 0.15) is 40.0 Å². The number of amides is 3. The first kappa shape index (κ1) is 14.7. The predicted octanol–water partition coefficient (Wildman–Crippen LogP) is 1.43. The van der Waals surface area contributed by atoms with Crippen LogP contribution in [0.2, 0.25) is 0 Å². The van der Waals surface area contributed by atoms with E-state index >= 15 is 0 Å². The van der Waals surface area contributed by atoms with E-state index in [1.165, 1.54) is 10.5 Å². The van der Waals surface area contributed by atoms with Gasteiger partial charge in [-0.15, -0.1) is 0 Å². The number of nitrogens with one attached hydrogen (secondary N) is 1. The van der Waals surface area contributed by atoms with Gasteiger partial charge in [0.15, 0.2) is 0 Å². The van der Waals surface area contributed by atoms with Gasteiger partial charge in [0.05, 0.1) is 0 Å². The van der Waals surface area contributed by atoms with Crippen LogP contribution in [-0.4, -0.2) is 40.6 Å². The largest absolute Gasteiger partial charge is 0.396 e. The highest BCUT2D eigenvalue weighted by Crippen LogP contribution is 2.23. The highest BCUT2D eigenvalue weighted by atomic mass is 16.3. The average Bonchev–Trinajstić information content (AvgIpc) is 2.48. The zero-order chi connectivity index (χ0) is 13.8. The number of aliphatic hydroxyl groups is 1. The molecule has 1 rings (SSSR count). The number of allylic oxidation sites excluding steroid dienone is 2. The fourth-order valence-corrected chi connectivity index (χ4v) is 2.00. The van der Waals surface area contributed by atoms with Gasteiger partial charge >= 0.3 is 6.03 Å². The predicted molar refractivity (Wildman–Crippen MR) is 69.0 cm³/mol. The second-order valence-corrected chi connectivity index (χ2v) is 5.12. The van der Waals surface area contributed by atoms with E-state index < -0.39 is 5.54 Å². The van der Waals surface area contributed by atoms with Gasteiger partial charge in [-0.1, -0.05) is 11.6 Å². The quantitative estimate of drug-likeness (QED) is 0.556. The van der Waals surface area contributed by atoms with E-state index in [0.717, 1.165) is 6.42 Å². The second-order valence-electron chi connectivity index (χ2n) is 5.12. The number of nitrogens with zero attached hydrogens (tertiary/aromatic N) is 1. The summed E-state index contributed by atoms with van der Waals surface area (Å²) in [6, 6.07) is -0.354. The Labute approximate surface area is 108 Å². The number of imide groups is 1. The number of carbonyl (C=O) groups is 2. The normalized spacial score (nSPS) is 23.2. The van der Waals surface area contributed by atoms with Gasteiger partial charge in [0.25, 0.3) is 5.91 Å². The second kappa shape index (κ2) is 6.00. The van der Waals surface area contributed by atoms with Gasteiger partial charge in [-0.05, 0) is 40.0 Å². The number of hydrogen-bond donors (Lipinski definition) is 2. The molecule has 0 radical (unpaired) electrons. The van der Waals surface area contributed by atoms with Crippen molar-refractivity contribution >= 4 is 11.9 Å². The summed E-state index contributed by atoms with van der Waals surface area (Å²) in [6.45, 7) is 6.02. The standard InChI is InChI=1S/C13H22N2O3/c1-10(2)6-4-7-13(3)11(17)15(8-5-9-16)12(18)14-13/h6,16H,4-5,7-9H2,1-3H3,(H,14,18). The molecule has 3 amide bonds. The Hall–Kier alpha value is -1.36. The summed E-state index contributed by atoms with van der Waals surface area (Å²) in [5.41, 5.74) is 0.394. The first-order valence-corrected chi connectivity index (χ1v) is 6.29. The van der Waals surface area contributed by atoms with Gasteiger partial charge in [0.1, 0.15) is 5.54 Å². The molecule has 5 nitrogen and oxygen atoms in total. The van der Waals surface area contributed by atoms with Crippen molar-refractivity contribution in [2.75, 3.05) is 13.2 Å². The molecule has 2 N–H and O–H groups in total. The maximum Gasteiger partial charge on any atom is 0.325 e. The molecular weight excluding hydrogens is 232 g/mol. The molecule has 0 spiro atoms. The summed E-state index contributed by atoms with van der Waals surface area (Å²) in [7, 11) is 0. The fourth-order valence-electron chi connectivity index (χ4n) is 2.00. The van der Waals surface area contributed by atoms with E-state index in [2.05, 4.69) is 11.4 Å². The molecule has 18 heavy (non-hydrogen) atoms. The lowest BCUT2D eigenvalue weighted by molar-refractivity contribution is -0.131. The Balaban J connectivity index is 2.65. The van der Waals surface area contributed by atoms with Crippen LogP contribution in [0.15, 0.2) is 11.6 Å². The topological polar surface area (TPSA) is 69.6 Å². The van der Waals surface area contributed by atoms with Crippen molar-refractivity contribution in [1.82, 2.24) is 10.2 Å². The minimum atomic E-state index is -0.807. The fraction of sp³-hybridized carbons (Fsp3) is 0.692. The lowest BCUT2D eigenvalue weighted by Gasteiger charge is -2.20. The average molecular weight is 254 g/mol. The molecule has 1 fully saturated rings. The molecule has 0 aromatic carbocycles. The number of carbonyl (C=O) groups excluding carboxylic acids is 2. The molecule has 1 aliphatic rings. The molecule has 1 heterocycles. The molecule has 0 aromatic rings. The number of urea groups is 1. The Kier molecular flexibility index (Phi) is 4.90. The molecule has 1 atom stereocenters. The van der Waals surface area contributed by atoms with Gasteiger partial charge in [-0.25, -0.2) is 4.79 Å². The first-order chi connectivity index (χ1) is 8.40. The summed E-state index contributed by atoms with van der Waals surface area (Å²) >= 11 is 0. The molecule has 1 saturated heterocycles. The first-order valence-electron chi connectivity index (χ1n) is 6.29. The highest BCUT2D eigenvalue weighted by molar-refractivity contribution is 6.06. The van der Waals surface area contributed by atoms with Crippen LogP contribution in [0.4, 0.5) is 4.79 Å². The molecular formula is C13H22N2O3. The van der Waals surface area contributed by atoms with Crippen molar-refractivity contribution < 1.29 is 14.7 Å². The van der Waals surface area contributed by atoms with Crippen molar-refractivity contribution in [2.24, 2.45) is 0 Å². The van der Waals surface area contributed by atoms with Gasteiger partial charge in [-0.3, -0.25) is 9.69 Å². The summed E-state index contributed by atoms with van der Waals surface area (Å²) in [4.78, 5) is 25.1.